The molecule has 2 rings (SSSR count). The van der Waals surface area contributed by atoms with Crippen LogP contribution < -0.4 is 0 Å². The minimum atomic E-state index is -1.14. The second-order valence-electron chi connectivity index (χ2n) is 5.89. The van der Waals surface area contributed by atoms with Gasteiger partial charge in [0.15, 0.2) is 0 Å². The monoisotopic (exact) mass is 325 g/mol. The Kier molecular flexibility index (Phi) is 5.75. The Balaban J connectivity index is 0.000000315. The Morgan fingerprint density at radius 3 is 2.38 bits per heavy atom. The van der Waals surface area contributed by atoms with Crippen LogP contribution in [0, 0.1) is 0 Å². The minimum absolute atomic E-state index is 0.0219. The summed E-state index contributed by atoms with van der Waals surface area (Å²) in [5.41, 5.74) is 0.224. The van der Waals surface area contributed by atoms with Gasteiger partial charge in [-0.05, 0) is 17.2 Å². The number of carbonyl (C=O) groups is 1. The third kappa shape index (κ3) is 5.02. The topological polar surface area (TPSA) is 70.4 Å². The predicted molar refractivity (Wildman–Crippen MR) is 89.5 cm³/mol. The molecular weight excluding hydrogens is 306 g/mol. The number of phenols is 1. The number of aromatic hydroxyl groups is 1. The van der Waals surface area contributed by atoms with Crippen LogP contribution in [0.5, 0.6) is 5.75 Å². The van der Waals surface area contributed by atoms with E-state index in [0.717, 1.165) is 0 Å². The predicted octanol–water partition coefficient (Wildman–Crippen LogP) is 3.71. The van der Waals surface area contributed by atoms with E-state index in [-0.39, 0.29) is 26.0 Å². The molecule has 1 aromatic heterocycles. The van der Waals surface area contributed by atoms with Gasteiger partial charge in [-0.3, -0.25) is 0 Å². The highest BCUT2D eigenvalue weighted by molar-refractivity contribution is 6.37. The lowest BCUT2D eigenvalue weighted by molar-refractivity contribution is 0.0697. The van der Waals surface area contributed by atoms with Crippen LogP contribution in [0.3, 0.4) is 0 Å². The van der Waals surface area contributed by atoms with Crippen LogP contribution in [0.1, 0.15) is 31.1 Å². The lowest BCUT2D eigenvalue weighted by Crippen LogP contribution is -2.01. The van der Waals surface area contributed by atoms with Gasteiger partial charge < -0.3 is 10.2 Å². The van der Waals surface area contributed by atoms with Gasteiger partial charge in [0.05, 0.1) is 5.56 Å². The zero-order valence-electron chi connectivity index (χ0n) is 12.6. The lowest BCUT2D eigenvalue weighted by atomic mass is 10.1. The number of halogens is 1. The van der Waals surface area contributed by atoms with E-state index < -0.39 is 5.97 Å². The van der Waals surface area contributed by atoms with Gasteiger partial charge in [-0.2, -0.15) is 0 Å². The largest absolute Gasteiger partial charge is 0.506 e. The molecule has 1 heterocycles. The number of hydrogen-bond acceptors (Lipinski definition) is 3. The van der Waals surface area contributed by atoms with E-state index in [1.54, 1.807) is 12.1 Å². The van der Waals surface area contributed by atoms with Crippen molar-refractivity contribution in [1.82, 2.24) is 4.98 Å². The molecule has 0 amide bonds. The van der Waals surface area contributed by atoms with E-state index in [9.17, 15) is 9.90 Å². The average molecular weight is 326 g/mol. The SMILES string of the molecule is C[SiH2]C(C)(C)C.O=C(O)c1cc2cccc(O)c2nc1Cl. The van der Waals surface area contributed by atoms with Gasteiger partial charge >= 0.3 is 5.97 Å². The molecule has 0 fully saturated rings. The van der Waals surface area contributed by atoms with Crippen molar-refractivity contribution in [2.45, 2.75) is 32.4 Å². The van der Waals surface area contributed by atoms with Gasteiger partial charge in [0.2, 0.25) is 0 Å². The molecular formula is C15H20ClNO3Si. The molecule has 1 aromatic carbocycles. The molecule has 0 aliphatic rings. The molecule has 0 saturated heterocycles. The second-order valence-corrected chi connectivity index (χ2v) is 9.08. The number of carboxylic acid groups (broad SMARTS) is 1. The highest BCUT2D eigenvalue weighted by atomic mass is 35.5. The number of fused-ring (bicyclic) bond motifs is 1. The number of para-hydroxylation sites is 1. The van der Waals surface area contributed by atoms with Gasteiger partial charge in [0, 0.05) is 14.9 Å². The molecule has 2 N–H and O–H groups in total. The molecule has 0 aliphatic heterocycles. The number of pyridine rings is 1. The number of rotatable bonds is 1. The van der Waals surface area contributed by atoms with E-state index >= 15 is 0 Å². The number of phenolic OH excluding ortho intramolecular Hbond substituents is 1. The van der Waals surface area contributed by atoms with Crippen molar-refractivity contribution in [3.8, 4) is 5.75 Å². The number of benzene rings is 1. The number of nitrogens with zero attached hydrogens (tertiary/aromatic N) is 1. The standard InChI is InChI=1S/C10H6ClNO3.C5H14Si/c11-9-6(10(14)15)4-5-2-1-3-7(13)8(5)12-9;1-5(2,3)6-4/h1-4,13H,(H,14,15);6H2,1-4H3. The van der Waals surface area contributed by atoms with Gasteiger partial charge in [0.1, 0.15) is 16.4 Å². The maximum Gasteiger partial charge on any atom is 0.338 e. The summed E-state index contributed by atoms with van der Waals surface area (Å²) in [6, 6.07) is 6.11. The molecule has 0 radical (unpaired) electrons. The van der Waals surface area contributed by atoms with Crippen molar-refractivity contribution in [3.05, 3.63) is 35.0 Å². The van der Waals surface area contributed by atoms with Gasteiger partial charge in [-0.15, -0.1) is 0 Å². The van der Waals surface area contributed by atoms with Crippen LogP contribution in [0.15, 0.2) is 24.3 Å². The summed E-state index contributed by atoms with van der Waals surface area (Å²) in [4.78, 5) is 14.6. The molecule has 0 bridgehead atoms. The Hall–Kier alpha value is -1.59. The summed E-state index contributed by atoms with van der Waals surface area (Å²) < 4.78 is 0. The first-order valence-corrected chi connectivity index (χ1v) is 9.17. The fourth-order valence-electron chi connectivity index (χ4n) is 1.31. The quantitative estimate of drug-likeness (QED) is 0.619. The molecule has 0 saturated carbocycles. The second kappa shape index (κ2) is 6.91. The molecule has 4 nitrogen and oxygen atoms in total. The van der Waals surface area contributed by atoms with Crippen LogP contribution in [-0.4, -0.2) is 30.7 Å². The molecule has 2 aromatic rings. The lowest BCUT2D eigenvalue weighted by Gasteiger charge is -2.11. The first-order chi connectivity index (χ1) is 9.65. The normalized spacial score (nSPS) is 11.5. The minimum Gasteiger partial charge on any atom is -0.506 e. The third-order valence-electron chi connectivity index (χ3n) is 3.07. The van der Waals surface area contributed by atoms with Crippen molar-refractivity contribution in [2.75, 3.05) is 0 Å². The summed E-state index contributed by atoms with van der Waals surface area (Å²) >= 11 is 5.67. The van der Waals surface area contributed by atoms with E-state index in [0.29, 0.717) is 15.9 Å². The fraction of sp³-hybridized carbons (Fsp3) is 0.333. The smallest absolute Gasteiger partial charge is 0.338 e. The molecule has 114 valence electrons. The highest BCUT2D eigenvalue weighted by Gasteiger charge is 2.12. The van der Waals surface area contributed by atoms with Crippen molar-refractivity contribution in [3.63, 3.8) is 0 Å². The number of aromatic carboxylic acids is 1. The number of carboxylic acids is 1. The summed E-state index contributed by atoms with van der Waals surface area (Å²) in [5.74, 6) is -1.16. The molecule has 0 unspecified atom stereocenters. The third-order valence-corrected chi connectivity index (χ3v) is 5.48. The number of hydrogen-bond donors (Lipinski definition) is 2. The summed E-state index contributed by atoms with van der Waals surface area (Å²) in [5, 5.41) is 19.4. The van der Waals surface area contributed by atoms with Crippen molar-refractivity contribution in [2.24, 2.45) is 0 Å². The first kappa shape index (κ1) is 17.5. The van der Waals surface area contributed by atoms with E-state index in [1.807, 2.05) is 0 Å². The van der Waals surface area contributed by atoms with Crippen molar-refractivity contribution in [1.29, 1.82) is 0 Å². The van der Waals surface area contributed by atoms with Crippen LogP contribution in [0.2, 0.25) is 16.7 Å². The Morgan fingerprint density at radius 1 is 1.33 bits per heavy atom. The molecule has 0 spiro atoms. The van der Waals surface area contributed by atoms with Crippen molar-refractivity contribution >= 4 is 38.0 Å². The number of aromatic nitrogens is 1. The zero-order chi connectivity index (χ0) is 16.2. The average Bonchev–Trinajstić information content (AvgIpc) is 2.39. The van der Waals surface area contributed by atoms with Crippen LogP contribution in [-0.2, 0) is 0 Å². The van der Waals surface area contributed by atoms with Gasteiger partial charge in [-0.25, -0.2) is 9.78 Å². The fourth-order valence-corrected chi connectivity index (χ4v) is 1.53. The zero-order valence-corrected chi connectivity index (χ0v) is 14.8. The Labute approximate surface area is 131 Å². The first-order valence-electron chi connectivity index (χ1n) is 6.67. The maximum absolute atomic E-state index is 10.8. The van der Waals surface area contributed by atoms with Crippen molar-refractivity contribution < 1.29 is 15.0 Å². The van der Waals surface area contributed by atoms with Crippen LogP contribution in [0.4, 0.5) is 0 Å². The Bertz CT molecular complexity index is 653. The van der Waals surface area contributed by atoms with E-state index in [1.165, 1.54) is 12.1 Å². The van der Waals surface area contributed by atoms with Gasteiger partial charge in [0.25, 0.3) is 0 Å². The summed E-state index contributed by atoms with van der Waals surface area (Å²) in [6.45, 7) is 9.26. The molecule has 0 atom stereocenters. The molecule has 6 heteroatoms. The molecule has 0 aliphatic carbocycles. The maximum atomic E-state index is 10.8. The van der Waals surface area contributed by atoms with Gasteiger partial charge in [-0.1, -0.05) is 51.1 Å². The van der Waals surface area contributed by atoms with Crippen LogP contribution in [0.25, 0.3) is 10.9 Å². The van der Waals surface area contributed by atoms with E-state index in [2.05, 4.69) is 32.3 Å². The Morgan fingerprint density at radius 2 is 1.90 bits per heavy atom. The summed E-state index contributed by atoms with van der Waals surface area (Å²) in [7, 11) is 0.252. The van der Waals surface area contributed by atoms with Crippen LogP contribution >= 0.6 is 11.6 Å². The summed E-state index contributed by atoms with van der Waals surface area (Å²) in [6.07, 6.45) is 0. The van der Waals surface area contributed by atoms with E-state index in [4.69, 9.17) is 16.7 Å². The highest BCUT2D eigenvalue weighted by Crippen LogP contribution is 2.26. The molecule has 21 heavy (non-hydrogen) atoms.